The molecule has 91 heavy (non-hydrogen) atoms. The van der Waals surface area contributed by atoms with Gasteiger partial charge in [-0.3, -0.25) is 0 Å². The van der Waals surface area contributed by atoms with Crippen LogP contribution >= 0.6 is 15.9 Å². The molecule has 0 spiro atoms. The van der Waals surface area contributed by atoms with Crippen molar-refractivity contribution < 1.29 is 0 Å². The van der Waals surface area contributed by atoms with Crippen LogP contribution in [-0.4, -0.2) is 9.13 Å². The minimum atomic E-state index is 0.793. The molecule has 0 saturated carbocycles. The average molecular weight is 1230 g/mol. The summed E-state index contributed by atoms with van der Waals surface area (Å²) in [5.74, 6) is 0. The molecule has 15 aromatic carbocycles. The molecule has 0 amide bonds. The van der Waals surface area contributed by atoms with Crippen LogP contribution in [0.2, 0.25) is 0 Å². The fraction of sp³-hybridized carbons (Fsp3) is 0. The molecule has 2 heterocycles. The molecule has 17 aromatic rings. The highest BCUT2D eigenvalue weighted by atomic mass is 79.9. The SMILES string of the molecule is Brc1ccc(-c2ccc3c(c2)c2ccccc2n3-c2ccccc2)cc1.Nc1ccc(-c2ccc(-c3cccc4ccccc34)cc2)cc1.c1ccc(-n2c3ccccc3c3cc(-c4ccc(Nc5ccc(-c6cccc7ccccc67)cc5)cc4)ccc32)cc1. The summed E-state index contributed by atoms with van der Waals surface area (Å²) in [5.41, 5.74) is 28.2. The molecule has 0 saturated heterocycles. The van der Waals surface area contributed by atoms with Gasteiger partial charge in [-0.25, -0.2) is 0 Å². The Bertz CT molecular complexity index is 5390. The molecular formula is C86H61BrN4. The Morgan fingerprint density at radius 1 is 0.242 bits per heavy atom. The van der Waals surface area contributed by atoms with Gasteiger partial charge < -0.3 is 20.2 Å². The van der Waals surface area contributed by atoms with Gasteiger partial charge in [-0.2, -0.15) is 0 Å². The van der Waals surface area contributed by atoms with E-state index in [2.05, 4.69) is 370 Å². The highest BCUT2D eigenvalue weighted by Crippen LogP contribution is 2.39. The molecule has 2 aromatic heterocycles. The Labute approximate surface area is 538 Å². The van der Waals surface area contributed by atoms with Crippen molar-refractivity contribution in [3.8, 4) is 67.0 Å². The predicted molar refractivity (Wildman–Crippen MR) is 392 cm³/mol. The van der Waals surface area contributed by atoms with Crippen molar-refractivity contribution in [2.45, 2.75) is 0 Å². The second-order valence-corrected chi connectivity index (χ2v) is 23.8. The van der Waals surface area contributed by atoms with E-state index in [1.54, 1.807) is 0 Å². The maximum Gasteiger partial charge on any atom is 0.0541 e. The summed E-state index contributed by atoms with van der Waals surface area (Å²) in [6, 6.07) is 125. The molecule has 5 heteroatoms. The molecule has 432 valence electrons. The number of nitrogen functional groups attached to an aromatic ring is 1. The maximum atomic E-state index is 5.76. The van der Waals surface area contributed by atoms with Crippen molar-refractivity contribution in [1.82, 2.24) is 9.13 Å². The van der Waals surface area contributed by atoms with Crippen molar-refractivity contribution >= 4 is 98.1 Å². The number of rotatable bonds is 9. The highest BCUT2D eigenvalue weighted by Gasteiger charge is 2.16. The second-order valence-electron chi connectivity index (χ2n) is 22.9. The fourth-order valence-electron chi connectivity index (χ4n) is 12.8. The predicted octanol–water partition coefficient (Wildman–Crippen LogP) is 24.0. The van der Waals surface area contributed by atoms with Crippen LogP contribution in [0, 0.1) is 0 Å². The summed E-state index contributed by atoms with van der Waals surface area (Å²) in [5, 5.41) is 13.8. The van der Waals surface area contributed by atoms with Crippen molar-refractivity contribution in [3.05, 3.63) is 356 Å². The Balaban J connectivity index is 0.000000121. The van der Waals surface area contributed by atoms with Crippen LogP contribution in [0.25, 0.3) is 132 Å². The number of hydrogen-bond donors (Lipinski definition) is 2. The number of anilines is 3. The number of benzene rings is 15. The molecule has 17 rings (SSSR count). The first-order valence-electron chi connectivity index (χ1n) is 30.8. The first-order chi connectivity index (χ1) is 44.9. The molecule has 0 atom stereocenters. The van der Waals surface area contributed by atoms with Crippen molar-refractivity contribution in [2.24, 2.45) is 0 Å². The van der Waals surface area contributed by atoms with Crippen molar-refractivity contribution in [2.75, 3.05) is 11.1 Å². The van der Waals surface area contributed by atoms with E-state index >= 15 is 0 Å². The molecule has 3 N–H and O–H groups in total. The van der Waals surface area contributed by atoms with Crippen LogP contribution in [0.1, 0.15) is 0 Å². The Morgan fingerprint density at radius 3 is 1.02 bits per heavy atom. The lowest BCUT2D eigenvalue weighted by Crippen LogP contribution is -1.93. The van der Waals surface area contributed by atoms with Gasteiger partial charge in [0.05, 0.1) is 22.1 Å². The number of nitrogens with two attached hydrogens (primary N) is 1. The van der Waals surface area contributed by atoms with E-state index in [0.717, 1.165) is 21.5 Å². The van der Waals surface area contributed by atoms with Gasteiger partial charge in [0.2, 0.25) is 0 Å². The van der Waals surface area contributed by atoms with Crippen LogP contribution in [0.5, 0.6) is 0 Å². The number of aromatic nitrogens is 2. The van der Waals surface area contributed by atoms with E-state index in [4.69, 9.17) is 5.73 Å². The molecule has 0 radical (unpaired) electrons. The average Bonchev–Trinajstić information content (AvgIpc) is 1.64. The fourth-order valence-corrected chi connectivity index (χ4v) is 13.0. The lowest BCUT2D eigenvalue weighted by atomic mass is 9.96. The smallest absolute Gasteiger partial charge is 0.0541 e. The van der Waals surface area contributed by atoms with Gasteiger partial charge in [0.25, 0.3) is 0 Å². The summed E-state index contributed by atoms with van der Waals surface area (Å²) in [6.45, 7) is 0. The van der Waals surface area contributed by atoms with E-state index in [1.165, 1.54) is 132 Å². The van der Waals surface area contributed by atoms with Gasteiger partial charge in [0.1, 0.15) is 0 Å². The molecule has 0 aliphatic rings. The molecule has 4 nitrogen and oxygen atoms in total. The molecule has 0 aliphatic heterocycles. The highest BCUT2D eigenvalue weighted by molar-refractivity contribution is 9.10. The number of fused-ring (bicyclic) bond motifs is 8. The zero-order chi connectivity index (χ0) is 61.0. The van der Waals surface area contributed by atoms with E-state index in [0.29, 0.717) is 0 Å². The zero-order valence-corrected chi connectivity index (χ0v) is 51.4. The van der Waals surface area contributed by atoms with Gasteiger partial charge in [-0.1, -0.05) is 259 Å². The topological polar surface area (TPSA) is 47.9 Å². The zero-order valence-electron chi connectivity index (χ0n) is 49.8. The third-order valence-corrected chi connectivity index (χ3v) is 17.8. The summed E-state index contributed by atoms with van der Waals surface area (Å²) >= 11 is 3.52. The lowest BCUT2D eigenvalue weighted by Gasteiger charge is -2.11. The molecule has 0 bridgehead atoms. The Hall–Kier alpha value is -11.5. The normalized spacial score (nSPS) is 11.2. The van der Waals surface area contributed by atoms with Crippen LogP contribution in [0.15, 0.2) is 356 Å². The monoisotopic (exact) mass is 1230 g/mol. The molecule has 0 fully saturated rings. The minimum absolute atomic E-state index is 0.793. The van der Waals surface area contributed by atoms with Crippen LogP contribution in [0.3, 0.4) is 0 Å². The van der Waals surface area contributed by atoms with E-state index < -0.39 is 0 Å². The number of para-hydroxylation sites is 4. The molecule has 0 aliphatic carbocycles. The van der Waals surface area contributed by atoms with Crippen molar-refractivity contribution in [3.63, 3.8) is 0 Å². The first-order valence-corrected chi connectivity index (χ1v) is 31.6. The number of hydrogen-bond acceptors (Lipinski definition) is 2. The number of nitrogens with one attached hydrogen (secondary N) is 1. The van der Waals surface area contributed by atoms with Gasteiger partial charge in [0.15, 0.2) is 0 Å². The Morgan fingerprint density at radius 2 is 0.560 bits per heavy atom. The summed E-state index contributed by atoms with van der Waals surface area (Å²) in [7, 11) is 0. The van der Waals surface area contributed by atoms with Crippen LogP contribution in [0.4, 0.5) is 17.1 Å². The quantitative estimate of drug-likeness (QED) is 0.142. The maximum absolute atomic E-state index is 5.76. The number of halogens is 1. The lowest BCUT2D eigenvalue weighted by molar-refractivity contribution is 1.18. The van der Waals surface area contributed by atoms with Crippen LogP contribution in [-0.2, 0) is 0 Å². The minimum Gasteiger partial charge on any atom is -0.399 e. The summed E-state index contributed by atoms with van der Waals surface area (Å²) in [6.07, 6.45) is 0. The van der Waals surface area contributed by atoms with E-state index in [-0.39, 0.29) is 0 Å². The van der Waals surface area contributed by atoms with Gasteiger partial charge in [-0.05, 0) is 186 Å². The largest absolute Gasteiger partial charge is 0.399 e. The van der Waals surface area contributed by atoms with Gasteiger partial charge in [-0.15, -0.1) is 0 Å². The van der Waals surface area contributed by atoms with Crippen LogP contribution < -0.4 is 11.1 Å². The van der Waals surface area contributed by atoms with E-state index in [1.807, 2.05) is 12.1 Å². The van der Waals surface area contributed by atoms with Gasteiger partial charge >= 0.3 is 0 Å². The van der Waals surface area contributed by atoms with Gasteiger partial charge in [0, 0.05) is 54.5 Å². The van der Waals surface area contributed by atoms with E-state index in [9.17, 15) is 0 Å². The standard InChI is InChI=1S/C40H28N2.C24H16BrN.C22H17N/c1-2-11-34(12-3-1)42-39-16-7-6-14-37(39)38-27-31(21-26-40(38)42)28-17-22-32(23-18-28)41-33-24-19-30(20-25-33)36-15-8-10-29-9-4-5-13-35(29)36;25-19-13-10-17(11-14-19)18-12-15-24-22(16-18)21-8-4-5-9-23(21)26(24)20-6-2-1-3-7-20;23-20-14-12-17(13-15-20)16-8-10-19(11-9-16)22-7-3-5-18-4-1-2-6-21(18)22/h1-27,41H;1-16H;1-15H,23H2. The molecule has 0 unspecified atom stereocenters. The third kappa shape index (κ3) is 11.4. The number of nitrogens with zero attached hydrogens (tertiary/aromatic N) is 2. The third-order valence-electron chi connectivity index (χ3n) is 17.3. The summed E-state index contributed by atoms with van der Waals surface area (Å²) in [4.78, 5) is 0. The summed E-state index contributed by atoms with van der Waals surface area (Å²) < 4.78 is 5.80. The first kappa shape index (κ1) is 56.0. The van der Waals surface area contributed by atoms with Crippen molar-refractivity contribution in [1.29, 1.82) is 0 Å². The Kier molecular flexibility index (Phi) is 15.4. The second kappa shape index (κ2) is 24.9. The molecular weight excluding hydrogens is 1170 g/mol.